The van der Waals surface area contributed by atoms with Gasteiger partial charge in [0.05, 0.1) is 6.26 Å². The van der Waals surface area contributed by atoms with Gasteiger partial charge in [-0.05, 0) is 51.4 Å². The molecule has 116 valence electrons. The SMILES string of the molecule is CNCC1CCCN(C(=O)C(C)NC(=O)c2ccco2)C1. The first-order valence-corrected chi connectivity index (χ1v) is 7.39. The van der Waals surface area contributed by atoms with E-state index in [0.717, 1.165) is 32.5 Å². The molecule has 2 unspecified atom stereocenters. The molecule has 2 atom stereocenters. The lowest BCUT2D eigenvalue weighted by Gasteiger charge is -2.34. The van der Waals surface area contributed by atoms with Crippen molar-refractivity contribution < 1.29 is 14.0 Å². The first kappa shape index (κ1) is 15.6. The standard InChI is InChI=1S/C15H23N3O3/c1-11(17-14(19)13-6-4-8-21-13)15(20)18-7-3-5-12(10-18)9-16-2/h4,6,8,11-12,16H,3,5,7,9-10H2,1-2H3,(H,17,19). The number of carbonyl (C=O) groups excluding carboxylic acids is 2. The highest BCUT2D eigenvalue weighted by Crippen LogP contribution is 2.16. The highest BCUT2D eigenvalue weighted by Gasteiger charge is 2.27. The van der Waals surface area contributed by atoms with Crippen molar-refractivity contribution in [1.29, 1.82) is 0 Å². The summed E-state index contributed by atoms with van der Waals surface area (Å²) in [6, 6.07) is 2.68. The Morgan fingerprint density at radius 3 is 3.00 bits per heavy atom. The first-order chi connectivity index (χ1) is 10.1. The second-order valence-corrected chi connectivity index (χ2v) is 5.52. The smallest absolute Gasteiger partial charge is 0.287 e. The Balaban J connectivity index is 1.88. The zero-order chi connectivity index (χ0) is 15.2. The van der Waals surface area contributed by atoms with Crippen molar-refractivity contribution in [2.24, 2.45) is 5.92 Å². The summed E-state index contributed by atoms with van der Waals surface area (Å²) in [5.41, 5.74) is 0. The minimum atomic E-state index is -0.545. The Labute approximate surface area is 124 Å². The molecule has 0 aliphatic carbocycles. The van der Waals surface area contributed by atoms with Crippen LogP contribution < -0.4 is 10.6 Å². The Hall–Kier alpha value is -1.82. The number of amides is 2. The lowest BCUT2D eigenvalue weighted by atomic mass is 9.97. The summed E-state index contributed by atoms with van der Waals surface area (Å²) in [4.78, 5) is 26.1. The van der Waals surface area contributed by atoms with Crippen molar-refractivity contribution in [3.63, 3.8) is 0 Å². The van der Waals surface area contributed by atoms with E-state index in [1.165, 1.54) is 6.26 Å². The van der Waals surface area contributed by atoms with Crippen molar-refractivity contribution in [1.82, 2.24) is 15.5 Å². The summed E-state index contributed by atoms with van der Waals surface area (Å²) in [5, 5.41) is 5.84. The van der Waals surface area contributed by atoms with Crippen LogP contribution in [0.5, 0.6) is 0 Å². The molecule has 1 aromatic heterocycles. The van der Waals surface area contributed by atoms with E-state index in [4.69, 9.17) is 4.42 Å². The van der Waals surface area contributed by atoms with Crippen LogP contribution in [0.25, 0.3) is 0 Å². The summed E-state index contributed by atoms with van der Waals surface area (Å²) < 4.78 is 5.03. The molecule has 6 nitrogen and oxygen atoms in total. The van der Waals surface area contributed by atoms with Crippen molar-refractivity contribution in [3.8, 4) is 0 Å². The fourth-order valence-electron chi connectivity index (χ4n) is 2.73. The molecule has 21 heavy (non-hydrogen) atoms. The van der Waals surface area contributed by atoms with Crippen LogP contribution in [-0.4, -0.2) is 49.4 Å². The molecule has 2 rings (SSSR count). The fraction of sp³-hybridized carbons (Fsp3) is 0.600. The quantitative estimate of drug-likeness (QED) is 0.844. The van der Waals surface area contributed by atoms with Gasteiger partial charge in [0.2, 0.25) is 5.91 Å². The maximum Gasteiger partial charge on any atom is 0.287 e. The van der Waals surface area contributed by atoms with E-state index in [1.807, 2.05) is 11.9 Å². The van der Waals surface area contributed by atoms with E-state index in [9.17, 15) is 9.59 Å². The first-order valence-electron chi connectivity index (χ1n) is 7.39. The van der Waals surface area contributed by atoms with Crippen LogP contribution in [0.1, 0.15) is 30.3 Å². The molecule has 0 bridgehead atoms. The molecule has 2 amide bonds. The van der Waals surface area contributed by atoms with Crippen molar-refractivity contribution in [2.45, 2.75) is 25.8 Å². The van der Waals surface area contributed by atoms with E-state index in [2.05, 4.69) is 10.6 Å². The topological polar surface area (TPSA) is 74.6 Å². The normalized spacial score (nSPS) is 20.1. The summed E-state index contributed by atoms with van der Waals surface area (Å²) in [6.07, 6.45) is 3.59. The molecule has 1 fully saturated rings. The van der Waals surface area contributed by atoms with Gasteiger partial charge in [0.15, 0.2) is 5.76 Å². The van der Waals surface area contributed by atoms with Crippen LogP contribution in [0.2, 0.25) is 0 Å². The highest BCUT2D eigenvalue weighted by molar-refractivity contribution is 5.95. The fourth-order valence-corrected chi connectivity index (χ4v) is 2.73. The second kappa shape index (κ2) is 7.26. The Bertz CT molecular complexity index is 471. The Morgan fingerprint density at radius 1 is 1.52 bits per heavy atom. The van der Waals surface area contributed by atoms with Gasteiger partial charge in [0.25, 0.3) is 5.91 Å². The largest absolute Gasteiger partial charge is 0.459 e. The average Bonchev–Trinajstić information content (AvgIpc) is 3.01. The monoisotopic (exact) mass is 293 g/mol. The number of nitrogens with zero attached hydrogens (tertiary/aromatic N) is 1. The van der Waals surface area contributed by atoms with Crippen LogP contribution in [0, 0.1) is 5.92 Å². The van der Waals surface area contributed by atoms with Gasteiger partial charge in [-0.1, -0.05) is 0 Å². The molecule has 0 radical (unpaired) electrons. The van der Waals surface area contributed by atoms with Gasteiger partial charge in [-0.25, -0.2) is 0 Å². The maximum atomic E-state index is 12.4. The number of nitrogens with one attached hydrogen (secondary N) is 2. The summed E-state index contributed by atoms with van der Waals surface area (Å²) in [6.45, 7) is 4.14. The minimum absolute atomic E-state index is 0.0318. The van der Waals surface area contributed by atoms with E-state index in [-0.39, 0.29) is 17.6 Å². The van der Waals surface area contributed by atoms with Crippen LogP contribution in [-0.2, 0) is 4.79 Å². The lowest BCUT2D eigenvalue weighted by Crippen LogP contribution is -2.50. The number of hydrogen-bond acceptors (Lipinski definition) is 4. The molecule has 1 aromatic rings. The van der Waals surface area contributed by atoms with Gasteiger partial charge < -0.3 is 20.0 Å². The van der Waals surface area contributed by atoms with Crippen molar-refractivity contribution in [3.05, 3.63) is 24.2 Å². The predicted octanol–water partition coefficient (Wildman–Crippen LogP) is 0.856. The van der Waals surface area contributed by atoms with E-state index < -0.39 is 6.04 Å². The van der Waals surface area contributed by atoms with Crippen molar-refractivity contribution in [2.75, 3.05) is 26.7 Å². The molecule has 1 aliphatic rings. The molecular formula is C15H23N3O3. The Kier molecular flexibility index (Phi) is 5.38. The number of hydrogen-bond donors (Lipinski definition) is 2. The zero-order valence-electron chi connectivity index (χ0n) is 12.6. The van der Waals surface area contributed by atoms with Gasteiger partial charge in [0.1, 0.15) is 6.04 Å². The molecule has 6 heteroatoms. The third kappa shape index (κ3) is 4.07. The van der Waals surface area contributed by atoms with E-state index in [0.29, 0.717) is 5.92 Å². The average molecular weight is 293 g/mol. The predicted molar refractivity (Wildman–Crippen MR) is 78.9 cm³/mol. The molecule has 0 aromatic carbocycles. The van der Waals surface area contributed by atoms with Gasteiger partial charge in [-0.2, -0.15) is 0 Å². The summed E-state index contributed by atoms with van der Waals surface area (Å²) in [7, 11) is 1.92. The third-order valence-electron chi connectivity index (χ3n) is 3.79. The molecule has 1 saturated heterocycles. The molecule has 2 heterocycles. The van der Waals surface area contributed by atoms with Gasteiger partial charge >= 0.3 is 0 Å². The summed E-state index contributed by atoms with van der Waals surface area (Å²) >= 11 is 0. The Morgan fingerprint density at radius 2 is 2.33 bits per heavy atom. The molecule has 0 saturated carbocycles. The van der Waals surface area contributed by atoms with Crippen LogP contribution in [0.15, 0.2) is 22.8 Å². The third-order valence-corrected chi connectivity index (χ3v) is 3.79. The number of likely N-dealkylation sites (tertiary alicyclic amines) is 1. The van der Waals surface area contributed by atoms with Gasteiger partial charge in [0, 0.05) is 13.1 Å². The number of furan rings is 1. The number of rotatable bonds is 5. The molecule has 1 aliphatic heterocycles. The van der Waals surface area contributed by atoms with Crippen LogP contribution >= 0.6 is 0 Å². The summed E-state index contributed by atoms with van der Waals surface area (Å²) in [5.74, 6) is 0.322. The lowest BCUT2D eigenvalue weighted by molar-refractivity contribution is -0.134. The highest BCUT2D eigenvalue weighted by atomic mass is 16.3. The number of piperidine rings is 1. The minimum Gasteiger partial charge on any atom is -0.459 e. The van der Waals surface area contributed by atoms with E-state index in [1.54, 1.807) is 19.1 Å². The van der Waals surface area contributed by atoms with Crippen LogP contribution in [0.3, 0.4) is 0 Å². The molecular weight excluding hydrogens is 270 g/mol. The van der Waals surface area contributed by atoms with Gasteiger partial charge in [-0.15, -0.1) is 0 Å². The number of carbonyl (C=O) groups is 2. The second-order valence-electron chi connectivity index (χ2n) is 5.52. The maximum absolute atomic E-state index is 12.4. The van der Waals surface area contributed by atoms with E-state index >= 15 is 0 Å². The molecule has 0 spiro atoms. The van der Waals surface area contributed by atoms with Gasteiger partial charge in [-0.3, -0.25) is 9.59 Å². The molecule has 2 N–H and O–H groups in total. The van der Waals surface area contributed by atoms with Crippen LogP contribution in [0.4, 0.5) is 0 Å². The van der Waals surface area contributed by atoms with Crippen molar-refractivity contribution >= 4 is 11.8 Å². The zero-order valence-corrected chi connectivity index (χ0v) is 12.6.